The standard InChI is InChI=1S/C10H5BrF2INO/c11-6-1-7(13)10(16-4-12)9-5(6)2-15-3-8(9)14/h1-3H,4H2. The van der Waals surface area contributed by atoms with Crippen LogP contribution in [0.3, 0.4) is 0 Å². The molecule has 16 heavy (non-hydrogen) atoms. The number of fused-ring (bicyclic) bond motifs is 1. The van der Waals surface area contributed by atoms with E-state index in [4.69, 9.17) is 4.74 Å². The van der Waals surface area contributed by atoms with Crippen LogP contribution in [0.5, 0.6) is 5.75 Å². The van der Waals surface area contributed by atoms with Gasteiger partial charge in [-0.1, -0.05) is 0 Å². The van der Waals surface area contributed by atoms with Crippen molar-refractivity contribution in [2.75, 3.05) is 6.86 Å². The van der Waals surface area contributed by atoms with Crippen molar-refractivity contribution in [2.24, 2.45) is 0 Å². The second-order valence-corrected chi connectivity index (χ2v) is 4.98. The van der Waals surface area contributed by atoms with Gasteiger partial charge in [0.1, 0.15) is 0 Å². The molecular weight excluding hydrogens is 395 g/mol. The largest absolute Gasteiger partial charge is 0.459 e. The predicted molar refractivity (Wildman–Crippen MR) is 68.7 cm³/mol. The first-order valence-corrected chi connectivity index (χ1v) is 6.12. The molecule has 0 amide bonds. The van der Waals surface area contributed by atoms with Crippen LogP contribution in [0.1, 0.15) is 0 Å². The molecular formula is C10H5BrF2INO. The summed E-state index contributed by atoms with van der Waals surface area (Å²) in [5.41, 5.74) is 0. The molecule has 0 atom stereocenters. The Morgan fingerprint density at radius 2 is 2.19 bits per heavy atom. The van der Waals surface area contributed by atoms with E-state index in [2.05, 4.69) is 20.9 Å². The van der Waals surface area contributed by atoms with E-state index in [0.29, 0.717) is 18.8 Å². The lowest BCUT2D eigenvalue weighted by molar-refractivity contribution is 0.186. The second-order valence-electron chi connectivity index (χ2n) is 2.97. The van der Waals surface area contributed by atoms with E-state index < -0.39 is 12.7 Å². The van der Waals surface area contributed by atoms with Gasteiger partial charge in [0.25, 0.3) is 0 Å². The zero-order valence-corrected chi connectivity index (χ0v) is 11.5. The van der Waals surface area contributed by atoms with Gasteiger partial charge in [-0.2, -0.15) is 0 Å². The number of hydrogen-bond donors (Lipinski definition) is 0. The van der Waals surface area contributed by atoms with Crippen LogP contribution < -0.4 is 4.74 Å². The fourth-order valence-corrected chi connectivity index (χ4v) is 2.61. The third kappa shape index (κ3) is 2.00. The summed E-state index contributed by atoms with van der Waals surface area (Å²) >= 11 is 5.24. The van der Waals surface area contributed by atoms with E-state index in [1.807, 2.05) is 22.6 Å². The third-order valence-electron chi connectivity index (χ3n) is 2.05. The lowest BCUT2D eigenvalue weighted by Crippen LogP contribution is -1.97. The smallest absolute Gasteiger partial charge is 0.228 e. The summed E-state index contributed by atoms with van der Waals surface area (Å²) < 4.78 is 31.8. The lowest BCUT2D eigenvalue weighted by atomic mass is 10.1. The van der Waals surface area contributed by atoms with Crippen molar-refractivity contribution in [3.8, 4) is 5.75 Å². The Morgan fingerprint density at radius 1 is 1.44 bits per heavy atom. The van der Waals surface area contributed by atoms with E-state index in [0.717, 1.165) is 0 Å². The van der Waals surface area contributed by atoms with Crippen LogP contribution in [0.15, 0.2) is 22.9 Å². The van der Waals surface area contributed by atoms with Gasteiger partial charge in [-0.05, 0) is 44.6 Å². The summed E-state index contributed by atoms with van der Waals surface area (Å²) in [5, 5.41) is 1.22. The van der Waals surface area contributed by atoms with Crippen LogP contribution in [0.4, 0.5) is 8.78 Å². The number of rotatable bonds is 2. The minimum atomic E-state index is -1.06. The monoisotopic (exact) mass is 399 g/mol. The first-order valence-electron chi connectivity index (χ1n) is 4.25. The summed E-state index contributed by atoms with van der Waals surface area (Å²) in [4.78, 5) is 3.99. The quantitative estimate of drug-likeness (QED) is 0.711. The molecule has 0 aliphatic rings. The first kappa shape index (κ1) is 12.0. The average Bonchev–Trinajstić information content (AvgIpc) is 2.24. The lowest BCUT2D eigenvalue weighted by Gasteiger charge is -2.10. The summed E-state index contributed by atoms with van der Waals surface area (Å²) in [7, 11) is 0. The van der Waals surface area contributed by atoms with Gasteiger partial charge in [0.05, 0.1) is 0 Å². The highest BCUT2D eigenvalue weighted by Gasteiger charge is 2.15. The minimum absolute atomic E-state index is 0.0764. The van der Waals surface area contributed by atoms with E-state index in [1.165, 1.54) is 6.07 Å². The zero-order valence-electron chi connectivity index (χ0n) is 7.81. The summed E-state index contributed by atoms with van der Waals surface area (Å²) in [6.07, 6.45) is 3.14. The summed E-state index contributed by atoms with van der Waals surface area (Å²) in [5.74, 6) is -0.673. The fourth-order valence-electron chi connectivity index (χ4n) is 1.42. The molecule has 0 bridgehead atoms. The van der Waals surface area contributed by atoms with Crippen molar-refractivity contribution in [3.63, 3.8) is 0 Å². The topological polar surface area (TPSA) is 22.1 Å². The molecule has 2 aromatic rings. The number of alkyl halides is 1. The maximum absolute atomic E-state index is 13.6. The highest BCUT2D eigenvalue weighted by atomic mass is 127. The molecule has 6 heteroatoms. The van der Waals surface area contributed by atoms with Crippen LogP contribution in [0, 0.1) is 9.39 Å². The van der Waals surface area contributed by atoms with Crippen molar-refractivity contribution in [1.82, 2.24) is 4.98 Å². The Balaban J connectivity index is 2.86. The number of nitrogens with zero attached hydrogens (tertiary/aromatic N) is 1. The van der Waals surface area contributed by atoms with Gasteiger partial charge in [-0.25, -0.2) is 8.78 Å². The molecule has 0 unspecified atom stereocenters. The highest BCUT2D eigenvalue weighted by Crippen LogP contribution is 2.36. The molecule has 1 aromatic carbocycles. The Morgan fingerprint density at radius 3 is 2.88 bits per heavy atom. The summed E-state index contributed by atoms with van der Waals surface area (Å²) in [6, 6.07) is 1.24. The third-order valence-corrected chi connectivity index (χ3v) is 3.53. The maximum Gasteiger partial charge on any atom is 0.228 e. The van der Waals surface area contributed by atoms with Crippen LogP contribution in [0.2, 0.25) is 0 Å². The minimum Gasteiger partial charge on any atom is -0.459 e. The Kier molecular flexibility index (Phi) is 3.58. The van der Waals surface area contributed by atoms with Crippen LogP contribution in [-0.2, 0) is 0 Å². The van der Waals surface area contributed by atoms with Crippen molar-refractivity contribution in [2.45, 2.75) is 0 Å². The van der Waals surface area contributed by atoms with Crippen LogP contribution >= 0.6 is 38.5 Å². The molecule has 0 radical (unpaired) electrons. The number of halogens is 4. The van der Waals surface area contributed by atoms with Crippen LogP contribution in [-0.4, -0.2) is 11.8 Å². The number of ether oxygens (including phenoxy) is 1. The first-order chi connectivity index (χ1) is 7.65. The van der Waals surface area contributed by atoms with E-state index in [1.54, 1.807) is 12.4 Å². The Hall–Kier alpha value is -0.500. The maximum atomic E-state index is 13.6. The van der Waals surface area contributed by atoms with Gasteiger partial charge < -0.3 is 4.74 Å². The molecule has 0 N–H and O–H groups in total. The van der Waals surface area contributed by atoms with Crippen LogP contribution in [0.25, 0.3) is 10.8 Å². The number of hydrogen-bond acceptors (Lipinski definition) is 2. The van der Waals surface area contributed by atoms with Gasteiger partial charge in [0.15, 0.2) is 11.6 Å². The molecule has 0 saturated heterocycles. The van der Waals surface area contributed by atoms with Crippen molar-refractivity contribution >= 4 is 49.3 Å². The molecule has 84 valence electrons. The Labute approximate surface area is 112 Å². The zero-order chi connectivity index (χ0) is 11.7. The molecule has 1 aromatic heterocycles. The average molecular weight is 400 g/mol. The highest BCUT2D eigenvalue weighted by molar-refractivity contribution is 14.1. The van der Waals surface area contributed by atoms with Gasteiger partial charge in [0, 0.05) is 31.2 Å². The molecule has 0 aliphatic carbocycles. The van der Waals surface area contributed by atoms with Gasteiger partial charge >= 0.3 is 0 Å². The van der Waals surface area contributed by atoms with E-state index in [-0.39, 0.29) is 5.75 Å². The van der Waals surface area contributed by atoms with Gasteiger partial charge in [0.2, 0.25) is 6.86 Å². The SMILES string of the molecule is FCOc1c(F)cc(Br)c2cncc(I)c12. The van der Waals surface area contributed by atoms with Crippen molar-refractivity contribution in [1.29, 1.82) is 0 Å². The fraction of sp³-hybridized carbons (Fsp3) is 0.100. The van der Waals surface area contributed by atoms with E-state index >= 15 is 0 Å². The molecule has 1 heterocycles. The van der Waals surface area contributed by atoms with E-state index in [9.17, 15) is 8.78 Å². The molecule has 0 fully saturated rings. The molecule has 0 saturated carbocycles. The molecule has 2 rings (SSSR count). The number of pyridine rings is 1. The number of aromatic nitrogens is 1. The van der Waals surface area contributed by atoms with Gasteiger partial charge in [-0.15, -0.1) is 0 Å². The molecule has 0 aliphatic heterocycles. The summed E-state index contributed by atoms with van der Waals surface area (Å²) in [6.45, 7) is -1.06. The predicted octanol–water partition coefficient (Wildman–Crippen LogP) is 4.05. The van der Waals surface area contributed by atoms with Crippen molar-refractivity contribution in [3.05, 3.63) is 32.3 Å². The molecule has 0 spiro atoms. The molecule has 2 nitrogen and oxygen atoms in total. The second kappa shape index (κ2) is 4.79. The number of benzene rings is 1. The Bertz CT molecular complexity index is 550. The van der Waals surface area contributed by atoms with Crippen molar-refractivity contribution < 1.29 is 13.5 Å². The van der Waals surface area contributed by atoms with Gasteiger partial charge in [-0.3, -0.25) is 4.98 Å². The normalized spacial score (nSPS) is 10.8.